The molecule has 17 heavy (non-hydrogen) atoms. The fraction of sp³-hybridized carbons (Fsp3) is 0.571. The highest BCUT2D eigenvalue weighted by molar-refractivity contribution is 7.98. The van der Waals surface area contributed by atoms with Crippen LogP contribution in [-0.4, -0.2) is 25.1 Å². The number of rotatable bonds is 8. The van der Waals surface area contributed by atoms with Gasteiger partial charge >= 0.3 is 0 Å². The molecule has 0 saturated heterocycles. The van der Waals surface area contributed by atoms with Crippen LogP contribution in [0.25, 0.3) is 0 Å². The van der Waals surface area contributed by atoms with Crippen molar-refractivity contribution >= 4 is 23.4 Å². The van der Waals surface area contributed by atoms with Crippen molar-refractivity contribution in [3.63, 3.8) is 0 Å². The number of benzene rings is 1. The molecule has 1 aromatic carbocycles. The van der Waals surface area contributed by atoms with Gasteiger partial charge in [0.1, 0.15) is 0 Å². The summed E-state index contributed by atoms with van der Waals surface area (Å²) < 4.78 is 0. The van der Waals surface area contributed by atoms with Crippen molar-refractivity contribution in [2.24, 2.45) is 0 Å². The number of hydrogen-bond acceptors (Lipinski definition) is 2. The van der Waals surface area contributed by atoms with Gasteiger partial charge in [-0.05, 0) is 48.9 Å². The quantitative estimate of drug-likeness (QED) is 0.712. The van der Waals surface area contributed by atoms with E-state index in [1.807, 2.05) is 23.9 Å². The lowest BCUT2D eigenvalue weighted by atomic mass is 9.94. The summed E-state index contributed by atoms with van der Waals surface area (Å²) in [5, 5.41) is 4.34. The van der Waals surface area contributed by atoms with Gasteiger partial charge in [0.25, 0.3) is 0 Å². The molecule has 1 N–H and O–H groups in total. The Balaban J connectivity index is 2.64. The first-order valence-corrected chi connectivity index (χ1v) is 8.00. The van der Waals surface area contributed by atoms with E-state index in [4.69, 9.17) is 11.6 Å². The van der Waals surface area contributed by atoms with Gasteiger partial charge in [-0.15, -0.1) is 0 Å². The Morgan fingerprint density at radius 1 is 1.35 bits per heavy atom. The first-order valence-electron chi connectivity index (χ1n) is 6.23. The summed E-state index contributed by atoms with van der Waals surface area (Å²) in [6.45, 7) is 4.18. The summed E-state index contributed by atoms with van der Waals surface area (Å²) in [4.78, 5) is 0. The lowest BCUT2D eigenvalue weighted by Gasteiger charge is -2.18. The van der Waals surface area contributed by atoms with E-state index in [2.05, 4.69) is 30.6 Å². The summed E-state index contributed by atoms with van der Waals surface area (Å²) in [5.41, 5.74) is 1.29. The zero-order chi connectivity index (χ0) is 12.5. The molecule has 0 heterocycles. The minimum absolute atomic E-state index is 0.538. The number of thioether (sulfide) groups is 1. The van der Waals surface area contributed by atoms with Crippen molar-refractivity contribution in [3.8, 4) is 0 Å². The zero-order valence-corrected chi connectivity index (χ0v) is 12.3. The zero-order valence-electron chi connectivity index (χ0n) is 10.7. The molecule has 0 aliphatic heterocycles. The number of hydrogen-bond donors (Lipinski definition) is 1. The maximum atomic E-state index is 6.28. The average Bonchev–Trinajstić information content (AvgIpc) is 2.35. The molecule has 0 radical (unpaired) electrons. The van der Waals surface area contributed by atoms with Crippen LogP contribution in [0.3, 0.4) is 0 Å². The summed E-state index contributed by atoms with van der Waals surface area (Å²) in [5.74, 6) is 1.77. The molecule has 0 saturated carbocycles. The van der Waals surface area contributed by atoms with Gasteiger partial charge in [0.05, 0.1) is 0 Å². The highest BCUT2D eigenvalue weighted by Crippen LogP contribution is 2.27. The van der Waals surface area contributed by atoms with Gasteiger partial charge in [-0.3, -0.25) is 0 Å². The fourth-order valence-electron chi connectivity index (χ4n) is 1.97. The molecule has 0 spiro atoms. The van der Waals surface area contributed by atoms with Crippen LogP contribution in [0, 0.1) is 0 Å². The molecule has 0 aromatic heterocycles. The minimum Gasteiger partial charge on any atom is -0.316 e. The van der Waals surface area contributed by atoms with E-state index < -0.39 is 0 Å². The highest BCUT2D eigenvalue weighted by atomic mass is 35.5. The second-order valence-electron chi connectivity index (χ2n) is 4.16. The van der Waals surface area contributed by atoms with Crippen LogP contribution in [0.2, 0.25) is 5.02 Å². The molecular formula is C14H22ClNS. The first-order chi connectivity index (χ1) is 8.29. The van der Waals surface area contributed by atoms with E-state index in [1.165, 1.54) is 24.2 Å². The largest absolute Gasteiger partial charge is 0.316 e. The lowest BCUT2D eigenvalue weighted by molar-refractivity contribution is 0.557. The molecular weight excluding hydrogens is 250 g/mol. The SMILES string of the molecule is CCNCC(CCCSC)c1ccccc1Cl. The molecule has 1 aromatic rings. The van der Waals surface area contributed by atoms with Gasteiger partial charge in [-0.2, -0.15) is 11.8 Å². The van der Waals surface area contributed by atoms with Crippen molar-refractivity contribution in [2.75, 3.05) is 25.1 Å². The van der Waals surface area contributed by atoms with E-state index in [0.717, 1.165) is 18.1 Å². The molecule has 1 rings (SSSR count). The molecule has 0 aliphatic rings. The molecule has 0 bridgehead atoms. The van der Waals surface area contributed by atoms with Crippen LogP contribution in [0.15, 0.2) is 24.3 Å². The molecule has 96 valence electrons. The third kappa shape index (κ3) is 5.33. The van der Waals surface area contributed by atoms with E-state index in [9.17, 15) is 0 Å². The van der Waals surface area contributed by atoms with Gasteiger partial charge in [-0.25, -0.2) is 0 Å². The lowest BCUT2D eigenvalue weighted by Crippen LogP contribution is -2.21. The standard InChI is InChI=1S/C14H22ClNS/c1-3-16-11-12(7-6-10-17-2)13-8-4-5-9-14(13)15/h4-5,8-9,12,16H,3,6-7,10-11H2,1-2H3. The van der Waals surface area contributed by atoms with E-state index in [-0.39, 0.29) is 0 Å². The van der Waals surface area contributed by atoms with E-state index in [0.29, 0.717) is 5.92 Å². The minimum atomic E-state index is 0.538. The fourth-order valence-corrected chi connectivity index (χ4v) is 2.71. The molecule has 3 heteroatoms. The summed E-state index contributed by atoms with van der Waals surface area (Å²) >= 11 is 8.19. The van der Waals surface area contributed by atoms with Crippen molar-refractivity contribution in [2.45, 2.75) is 25.7 Å². The molecule has 0 amide bonds. The van der Waals surface area contributed by atoms with Crippen LogP contribution in [0.4, 0.5) is 0 Å². The average molecular weight is 272 g/mol. The Morgan fingerprint density at radius 3 is 2.76 bits per heavy atom. The van der Waals surface area contributed by atoms with Crippen LogP contribution < -0.4 is 5.32 Å². The van der Waals surface area contributed by atoms with Crippen molar-refractivity contribution in [1.82, 2.24) is 5.32 Å². The molecule has 0 aliphatic carbocycles. The van der Waals surface area contributed by atoms with Crippen LogP contribution >= 0.6 is 23.4 Å². The Morgan fingerprint density at radius 2 is 2.12 bits per heavy atom. The Bertz CT molecular complexity index is 317. The van der Waals surface area contributed by atoms with Gasteiger partial charge in [0, 0.05) is 11.6 Å². The third-order valence-corrected chi connectivity index (χ3v) is 3.93. The summed E-state index contributed by atoms with van der Waals surface area (Å²) in [6, 6.07) is 8.22. The van der Waals surface area contributed by atoms with E-state index >= 15 is 0 Å². The smallest absolute Gasteiger partial charge is 0.0441 e. The number of nitrogens with one attached hydrogen (secondary N) is 1. The predicted molar refractivity (Wildman–Crippen MR) is 80.4 cm³/mol. The molecule has 1 atom stereocenters. The number of halogens is 1. The van der Waals surface area contributed by atoms with Gasteiger partial charge < -0.3 is 5.32 Å². The predicted octanol–water partition coefficient (Wildman–Crippen LogP) is 4.18. The summed E-state index contributed by atoms with van der Waals surface area (Å²) in [6.07, 6.45) is 4.62. The molecule has 1 nitrogen and oxygen atoms in total. The Labute approximate surface area is 114 Å². The maximum absolute atomic E-state index is 6.28. The second-order valence-corrected chi connectivity index (χ2v) is 5.55. The van der Waals surface area contributed by atoms with Crippen LogP contribution in [0.5, 0.6) is 0 Å². The highest BCUT2D eigenvalue weighted by Gasteiger charge is 2.13. The first kappa shape index (κ1) is 14.9. The normalized spacial score (nSPS) is 12.6. The van der Waals surface area contributed by atoms with Crippen molar-refractivity contribution < 1.29 is 0 Å². The molecule has 0 fully saturated rings. The molecule has 1 unspecified atom stereocenters. The van der Waals surface area contributed by atoms with Gasteiger partial charge in [-0.1, -0.05) is 36.7 Å². The van der Waals surface area contributed by atoms with Crippen LogP contribution in [-0.2, 0) is 0 Å². The van der Waals surface area contributed by atoms with Crippen LogP contribution in [0.1, 0.15) is 31.2 Å². The van der Waals surface area contributed by atoms with E-state index in [1.54, 1.807) is 0 Å². The van der Waals surface area contributed by atoms with Gasteiger partial charge in [0.15, 0.2) is 0 Å². The van der Waals surface area contributed by atoms with Crippen molar-refractivity contribution in [1.29, 1.82) is 0 Å². The topological polar surface area (TPSA) is 12.0 Å². The van der Waals surface area contributed by atoms with Gasteiger partial charge in [0.2, 0.25) is 0 Å². The monoisotopic (exact) mass is 271 g/mol. The Hall–Kier alpha value is -0.180. The van der Waals surface area contributed by atoms with Crippen molar-refractivity contribution in [3.05, 3.63) is 34.9 Å². The number of likely N-dealkylation sites (N-methyl/N-ethyl adjacent to an activating group) is 1. The second kappa shape index (κ2) is 8.84. The third-order valence-electron chi connectivity index (χ3n) is 2.89. The summed E-state index contributed by atoms with van der Waals surface area (Å²) in [7, 11) is 0. The maximum Gasteiger partial charge on any atom is 0.0441 e. The Kier molecular flexibility index (Phi) is 7.74.